The van der Waals surface area contributed by atoms with Gasteiger partial charge in [0.25, 0.3) is 11.8 Å². The lowest BCUT2D eigenvalue weighted by Gasteiger charge is -2.15. The number of benzene rings is 2. The van der Waals surface area contributed by atoms with Crippen LogP contribution in [0.2, 0.25) is 0 Å². The lowest BCUT2D eigenvalue weighted by atomic mass is 10.1. The summed E-state index contributed by atoms with van der Waals surface area (Å²) < 4.78 is 26.6. The zero-order valence-corrected chi connectivity index (χ0v) is 16.0. The summed E-state index contributed by atoms with van der Waals surface area (Å²) in [5, 5.41) is 4.74. The fourth-order valence-electron chi connectivity index (χ4n) is 3.15. The van der Waals surface area contributed by atoms with Gasteiger partial charge in [0.05, 0.1) is 5.57 Å². The van der Waals surface area contributed by atoms with Crippen molar-refractivity contribution in [2.75, 3.05) is 11.9 Å². The Morgan fingerprint density at radius 1 is 0.897 bits per heavy atom. The van der Waals surface area contributed by atoms with E-state index in [-0.39, 0.29) is 23.6 Å². The molecule has 4 nitrogen and oxygen atoms in total. The molecule has 0 aliphatic carbocycles. The van der Waals surface area contributed by atoms with Gasteiger partial charge in [-0.05, 0) is 53.8 Å². The molecular weight excluding hydrogens is 394 g/mol. The minimum Gasteiger partial charge on any atom is -0.350 e. The first-order valence-corrected chi connectivity index (χ1v) is 9.82. The number of carbonyl (C=O) groups excluding carboxylic acids is 2. The Balaban J connectivity index is 1.62. The van der Waals surface area contributed by atoms with Crippen LogP contribution >= 0.6 is 11.3 Å². The van der Waals surface area contributed by atoms with E-state index in [9.17, 15) is 18.4 Å². The monoisotopic (exact) mass is 410 g/mol. The lowest BCUT2D eigenvalue weighted by molar-refractivity contribution is -0.136. The Morgan fingerprint density at radius 3 is 2.38 bits per heavy atom. The molecule has 1 aliphatic heterocycles. The van der Waals surface area contributed by atoms with Crippen molar-refractivity contribution in [3.05, 3.63) is 93.8 Å². The van der Waals surface area contributed by atoms with Gasteiger partial charge in [-0.15, -0.1) is 11.3 Å². The SMILES string of the molecule is O=C1C(Nc2cccc(F)c2)=C(c2cccs2)C(=O)N1CCc1ccc(F)cc1. The number of hydrogen-bond donors (Lipinski definition) is 1. The van der Waals surface area contributed by atoms with E-state index in [0.29, 0.717) is 17.0 Å². The average molecular weight is 410 g/mol. The van der Waals surface area contributed by atoms with E-state index in [1.807, 2.05) is 5.38 Å². The fourth-order valence-corrected chi connectivity index (χ4v) is 3.92. The second kappa shape index (κ2) is 7.97. The molecule has 0 spiro atoms. The van der Waals surface area contributed by atoms with Crippen molar-refractivity contribution < 1.29 is 18.4 Å². The van der Waals surface area contributed by atoms with Crippen LogP contribution in [-0.2, 0) is 16.0 Å². The third-order valence-electron chi connectivity index (χ3n) is 4.57. The maximum absolute atomic E-state index is 13.6. The van der Waals surface area contributed by atoms with Gasteiger partial charge in [0.2, 0.25) is 0 Å². The maximum atomic E-state index is 13.6. The number of anilines is 1. The van der Waals surface area contributed by atoms with Crippen molar-refractivity contribution in [2.45, 2.75) is 6.42 Å². The summed E-state index contributed by atoms with van der Waals surface area (Å²) in [5.41, 5.74) is 1.60. The Labute approximate surface area is 170 Å². The smallest absolute Gasteiger partial charge is 0.278 e. The van der Waals surface area contributed by atoms with Gasteiger partial charge < -0.3 is 5.32 Å². The molecule has 1 aromatic heterocycles. The zero-order valence-electron chi connectivity index (χ0n) is 15.2. The Morgan fingerprint density at radius 2 is 1.69 bits per heavy atom. The summed E-state index contributed by atoms with van der Waals surface area (Å²) in [6, 6.07) is 15.2. The van der Waals surface area contributed by atoms with Gasteiger partial charge in [-0.2, -0.15) is 0 Å². The number of carbonyl (C=O) groups is 2. The Hall–Kier alpha value is -3.32. The third-order valence-corrected chi connectivity index (χ3v) is 5.45. The van der Waals surface area contributed by atoms with Crippen molar-refractivity contribution >= 4 is 34.4 Å². The molecule has 0 saturated heterocycles. The molecule has 146 valence electrons. The number of halogens is 2. The van der Waals surface area contributed by atoms with Crippen molar-refractivity contribution in [1.82, 2.24) is 4.90 Å². The number of rotatable bonds is 6. The van der Waals surface area contributed by atoms with Crippen molar-refractivity contribution in [2.24, 2.45) is 0 Å². The van der Waals surface area contributed by atoms with Gasteiger partial charge in [0, 0.05) is 17.1 Å². The molecule has 7 heteroatoms. The van der Waals surface area contributed by atoms with E-state index >= 15 is 0 Å². The number of hydrogen-bond acceptors (Lipinski definition) is 4. The van der Waals surface area contributed by atoms with Crippen LogP contribution in [-0.4, -0.2) is 23.3 Å². The third kappa shape index (κ3) is 3.95. The fraction of sp³-hybridized carbons (Fsp3) is 0.0909. The Kier molecular flexibility index (Phi) is 5.22. The van der Waals surface area contributed by atoms with Crippen LogP contribution in [0.5, 0.6) is 0 Å². The van der Waals surface area contributed by atoms with E-state index in [1.165, 1.54) is 46.6 Å². The predicted molar refractivity (Wildman–Crippen MR) is 108 cm³/mol. The van der Waals surface area contributed by atoms with Gasteiger partial charge in [-0.1, -0.05) is 24.3 Å². The van der Waals surface area contributed by atoms with E-state index < -0.39 is 17.6 Å². The summed E-state index contributed by atoms with van der Waals surface area (Å²) in [6.07, 6.45) is 0.405. The topological polar surface area (TPSA) is 49.4 Å². The number of nitrogens with zero attached hydrogens (tertiary/aromatic N) is 1. The van der Waals surface area contributed by atoms with E-state index in [2.05, 4.69) is 5.32 Å². The second-order valence-electron chi connectivity index (χ2n) is 6.50. The highest BCUT2D eigenvalue weighted by molar-refractivity contribution is 7.11. The predicted octanol–water partition coefficient (Wildman–Crippen LogP) is 4.46. The summed E-state index contributed by atoms with van der Waals surface area (Å²) in [6.45, 7) is 0.159. The van der Waals surface area contributed by atoms with Crippen LogP contribution in [0.1, 0.15) is 10.4 Å². The van der Waals surface area contributed by atoms with Crippen molar-refractivity contribution in [1.29, 1.82) is 0 Å². The highest BCUT2D eigenvalue weighted by atomic mass is 32.1. The quantitative estimate of drug-likeness (QED) is 0.611. The summed E-state index contributed by atoms with van der Waals surface area (Å²) >= 11 is 1.35. The van der Waals surface area contributed by atoms with Gasteiger partial charge in [0.15, 0.2) is 0 Å². The van der Waals surface area contributed by atoms with Crippen LogP contribution in [0.3, 0.4) is 0 Å². The molecule has 2 heterocycles. The standard InChI is InChI=1S/C22H16F2N2O2S/c23-15-8-6-14(7-9-15)10-11-26-21(27)19(18-5-2-12-29-18)20(22(26)28)25-17-4-1-3-16(24)13-17/h1-9,12-13,25H,10-11H2. The number of amides is 2. The van der Waals surface area contributed by atoms with Gasteiger partial charge >= 0.3 is 0 Å². The minimum atomic E-state index is -0.468. The van der Waals surface area contributed by atoms with Crippen LogP contribution in [0.4, 0.5) is 14.5 Å². The van der Waals surface area contributed by atoms with Crippen LogP contribution in [0.25, 0.3) is 5.57 Å². The number of nitrogens with one attached hydrogen (secondary N) is 1. The first-order chi connectivity index (χ1) is 14.0. The highest BCUT2D eigenvalue weighted by Crippen LogP contribution is 2.33. The zero-order chi connectivity index (χ0) is 20.4. The summed E-state index contributed by atoms with van der Waals surface area (Å²) in [7, 11) is 0. The van der Waals surface area contributed by atoms with Gasteiger partial charge in [0.1, 0.15) is 17.3 Å². The molecule has 2 amide bonds. The highest BCUT2D eigenvalue weighted by Gasteiger charge is 2.39. The molecule has 4 rings (SSSR count). The molecule has 0 bridgehead atoms. The normalized spacial score (nSPS) is 14.1. The molecule has 0 unspecified atom stereocenters. The van der Waals surface area contributed by atoms with Gasteiger partial charge in [-0.25, -0.2) is 8.78 Å². The summed E-state index contributed by atoms with van der Waals surface area (Å²) in [5.74, 6) is -1.66. The van der Waals surface area contributed by atoms with Crippen molar-refractivity contribution in [3.8, 4) is 0 Å². The molecule has 0 fully saturated rings. The average Bonchev–Trinajstić information content (AvgIpc) is 3.30. The van der Waals surface area contributed by atoms with Gasteiger partial charge in [-0.3, -0.25) is 14.5 Å². The molecule has 3 aromatic rings. The molecular formula is C22H16F2N2O2S. The molecule has 1 aliphatic rings. The Bertz CT molecular complexity index is 1090. The molecule has 1 N–H and O–H groups in total. The van der Waals surface area contributed by atoms with Crippen LogP contribution < -0.4 is 5.32 Å². The van der Waals surface area contributed by atoms with E-state index in [4.69, 9.17) is 0 Å². The molecule has 29 heavy (non-hydrogen) atoms. The maximum Gasteiger partial charge on any atom is 0.278 e. The minimum absolute atomic E-state index is 0.127. The number of imide groups is 1. The van der Waals surface area contributed by atoms with Crippen LogP contribution in [0, 0.1) is 11.6 Å². The van der Waals surface area contributed by atoms with E-state index in [0.717, 1.165) is 5.56 Å². The molecule has 0 radical (unpaired) electrons. The number of thiophene rings is 1. The first kappa shape index (κ1) is 19.0. The van der Waals surface area contributed by atoms with Crippen LogP contribution in [0.15, 0.2) is 71.7 Å². The second-order valence-corrected chi connectivity index (χ2v) is 7.45. The molecule has 0 saturated carbocycles. The first-order valence-electron chi connectivity index (χ1n) is 8.94. The largest absolute Gasteiger partial charge is 0.350 e. The molecule has 2 aromatic carbocycles. The lowest BCUT2D eigenvalue weighted by Crippen LogP contribution is -2.34. The summed E-state index contributed by atoms with van der Waals surface area (Å²) in [4.78, 5) is 27.9. The van der Waals surface area contributed by atoms with Crippen molar-refractivity contribution in [3.63, 3.8) is 0 Å². The van der Waals surface area contributed by atoms with E-state index in [1.54, 1.807) is 30.3 Å². The molecule has 0 atom stereocenters.